The lowest BCUT2D eigenvalue weighted by atomic mass is 10.3. The summed E-state index contributed by atoms with van der Waals surface area (Å²) in [6.07, 6.45) is 1.84. The van der Waals surface area contributed by atoms with Crippen molar-refractivity contribution in [1.29, 1.82) is 0 Å². The van der Waals surface area contributed by atoms with Gasteiger partial charge in [-0.05, 0) is 30.7 Å². The third kappa shape index (κ3) is 3.38. The number of hydrogen-bond acceptors (Lipinski definition) is 2. The van der Waals surface area contributed by atoms with E-state index >= 15 is 0 Å². The number of carbonyl (C=O) groups is 1. The molecule has 0 saturated heterocycles. The van der Waals surface area contributed by atoms with Crippen LogP contribution in [0.25, 0.3) is 0 Å². The van der Waals surface area contributed by atoms with E-state index in [1.807, 2.05) is 0 Å². The Labute approximate surface area is 84.6 Å². The molecule has 1 unspecified atom stereocenters. The Morgan fingerprint density at radius 2 is 1.93 bits per heavy atom. The zero-order chi connectivity index (χ0) is 10.4. The summed E-state index contributed by atoms with van der Waals surface area (Å²) in [5.74, 6) is 0.114. The van der Waals surface area contributed by atoms with Gasteiger partial charge in [0, 0.05) is 17.1 Å². The average Bonchev–Trinajstić information content (AvgIpc) is 2.19. The molecule has 1 aromatic rings. The summed E-state index contributed by atoms with van der Waals surface area (Å²) >= 11 is 0. The standard InChI is InChI=1S/C10H11FO2S/c11-9-3-5-10(6-4-9)14(13)8-2-1-7-12/h3-7H,1-2,8H2. The van der Waals surface area contributed by atoms with Gasteiger partial charge in [0.25, 0.3) is 0 Å². The summed E-state index contributed by atoms with van der Waals surface area (Å²) in [6, 6.07) is 5.58. The topological polar surface area (TPSA) is 34.1 Å². The van der Waals surface area contributed by atoms with Crippen molar-refractivity contribution in [2.24, 2.45) is 0 Å². The third-order valence-corrected chi connectivity index (χ3v) is 3.19. The molecule has 0 aliphatic carbocycles. The number of unbranched alkanes of at least 4 members (excludes halogenated alkanes) is 1. The molecule has 0 saturated carbocycles. The second kappa shape index (κ2) is 5.65. The Balaban J connectivity index is 2.52. The molecular formula is C10H11FO2S. The van der Waals surface area contributed by atoms with Gasteiger partial charge in [0.2, 0.25) is 0 Å². The van der Waals surface area contributed by atoms with Gasteiger partial charge < -0.3 is 4.79 Å². The molecule has 2 nitrogen and oxygen atoms in total. The Bertz CT molecular complexity index is 321. The minimum atomic E-state index is -1.12. The van der Waals surface area contributed by atoms with Crippen LogP contribution in [-0.4, -0.2) is 16.2 Å². The summed E-state index contributed by atoms with van der Waals surface area (Å²) in [7, 11) is -1.12. The summed E-state index contributed by atoms with van der Waals surface area (Å²) in [5.41, 5.74) is 0. The quantitative estimate of drug-likeness (QED) is 0.554. The molecule has 0 aliphatic heterocycles. The molecule has 0 spiro atoms. The van der Waals surface area contributed by atoms with Crippen molar-refractivity contribution in [2.45, 2.75) is 17.7 Å². The number of carbonyl (C=O) groups excluding carboxylic acids is 1. The van der Waals surface area contributed by atoms with E-state index in [0.717, 1.165) is 6.29 Å². The number of benzene rings is 1. The van der Waals surface area contributed by atoms with Crippen LogP contribution in [0.1, 0.15) is 12.8 Å². The lowest BCUT2D eigenvalue weighted by Crippen LogP contribution is -1.98. The van der Waals surface area contributed by atoms with Gasteiger partial charge in [-0.15, -0.1) is 0 Å². The lowest BCUT2D eigenvalue weighted by Gasteiger charge is -1.99. The number of hydrogen-bond donors (Lipinski definition) is 0. The van der Waals surface area contributed by atoms with Crippen molar-refractivity contribution < 1.29 is 13.4 Å². The van der Waals surface area contributed by atoms with Crippen molar-refractivity contribution in [3.8, 4) is 0 Å². The second-order valence-electron chi connectivity index (χ2n) is 2.81. The Hall–Kier alpha value is -1.03. The van der Waals surface area contributed by atoms with Gasteiger partial charge in [-0.2, -0.15) is 0 Å². The van der Waals surface area contributed by atoms with Crippen LogP contribution in [0.15, 0.2) is 29.2 Å². The molecule has 0 N–H and O–H groups in total. The second-order valence-corrected chi connectivity index (χ2v) is 4.38. The molecule has 1 rings (SSSR count). The fourth-order valence-electron chi connectivity index (χ4n) is 1.00. The van der Waals surface area contributed by atoms with Crippen LogP contribution in [0.3, 0.4) is 0 Å². The van der Waals surface area contributed by atoms with Crippen molar-refractivity contribution >= 4 is 17.1 Å². The summed E-state index contributed by atoms with van der Waals surface area (Å²) < 4.78 is 24.0. The maximum atomic E-state index is 12.5. The Kier molecular flexibility index (Phi) is 4.46. The molecule has 0 fully saturated rings. The molecule has 76 valence electrons. The van der Waals surface area contributed by atoms with Crippen molar-refractivity contribution in [2.75, 3.05) is 5.75 Å². The van der Waals surface area contributed by atoms with Crippen molar-refractivity contribution in [3.63, 3.8) is 0 Å². The monoisotopic (exact) mass is 214 g/mol. The molecule has 1 atom stereocenters. The van der Waals surface area contributed by atoms with E-state index < -0.39 is 10.8 Å². The molecular weight excluding hydrogens is 203 g/mol. The molecule has 0 bridgehead atoms. The van der Waals surface area contributed by atoms with Gasteiger partial charge in [0.05, 0.1) is 10.8 Å². The largest absolute Gasteiger partial charge is 0.303 e. The van der Waals surface area contributed by atoms with Crippen molar-refractivity contribution in [3.05, 3.63) is 30.1 Å². The van der Waals surface area contributed by atoms with Crippen LogP contribution in [0.4, 0.5) is 4.39 Å². The smallest absolute Gasteiger partial charge is 0.123 e. The summed E-state index contributed by atoms with van der Waals surface area (Å²) in [5, 5.41) is 0. The van der Waals surface area contributed by atoms with Gasteiger partial charge in [-0.1, -0.05) is 0 Å². The van der Waals surface area contributed by atoms with Crippen LogP contribution in [0, 0.1) is 5.82 Å². The fourth-order valence-corrected chi connectivity index (χ4v) is 2.11. The predicted octanol–water partition coefficient (Wildman–Crippen LogP) is 1.91. The zero-order valence-corrected chi connectivity index (χ0v) is 8.43. The third-order valence-electron chi connectivity index (χ3n) is 1.73. The van der Waals surface area contributed by atoms with E-state index in [9.17, 15) is 13.4 Å². The SMILES string of the molecule is O=CCCCS(=O)c1ccc(F)cc1. The van der Waals surface area contributed by atoms with E-state index in [1.165, 1.54) is 24.3 Å². The van der Waals surface area contributed by atoms with E-state index in [-0.39, 0.29) is 5.82 Å². The van der Waals surface area contributed by atoms with E-state index in [2.05, 4.69) is 0 Å². The molecule has 0 amide bonds. The van der Waals surface area contributed by atoms with Crippen LogP contribution < -0.4 is 0 Å². The number of halogens is 1. The highest BCUT2D eigenvalue weighted by Crippen LogP contribution is 2.09. The van der Waals surface area contributed by atoms with Gasteiger partial charge >= 0.3 is 0 Å². The first-order valence-electron chi connectivity index (χ1n) is 4.31. The first-order valence-corrected chi connectivity index (χ1v) is 5.63. The molecule has 14 heavy (non-hydrogen) atoms. The predicted molar refractivity (Wildman–Crippen MR) is 53.0 cm³/mol. The lowest BCUT2D eigenvalue weighted by molar-refractivity contribution is -0.107. The maximum absolute atomic E-state index is 12.5. The Morgan fingerprint density at radius 3 is 2.50 bits per heavy atom. The first-order chi connectivity index (χ1) is 6.74. The van der Waals surface area contributed by atoms with Gasteiger partial charge in [-0.3, -0.25) is 4.21 Å². The Morgan fingerprint density at radius 1 is 1.29 bits per heavy atom. The fraction of sp³-hybridized carbons (Fsp3) is 0.300. The molecule has 0 aromatic heterocycles. The van der Waals surface area contributed by atoms with Gasteiger partial charge in [-0.25, -0.2) is 4.39 Å². The van der Waals surface area contributed by atoms with Crippen LogP contribution in [0.5, 0.6) is 0 Å². The number of rotatable bonds is 5. The van der Waals surface area contributed by atoms with Gasteiger partial charge in [0.1, 0.15) is 12.1 Å². The maximum Gasteiger partial charge on any atom is 0.123 e. The van der Waals surface area contributed by atoms with E-state index in [1.54, 1.807) is 0 Å². The molecule has 1 aromatic carbocycles. The summed E-state index contributed by atoms with van der Waals surface area (Å²) in [6.45, 7) is 0. The minimum absolute atomic E-state index is 0.335. The van der Waals surface area contributed by atoms with E-state index in [4.69, 9.17) is 0 Å². The average molecular weight is 214 g/mol. The molecule has 0 heterocycles. The van der Waals surface area contributed by atoms with Crippen LogP contribution >= 0.6 is 0 Å². The first kappa shape index (κ1) is 11.0. The zero-order valence-electron chi connectivity index (χ0n) is 7.61. The highest BCUT2D eigenvalue weighted by molar-refractivity contribution is 7.85. The van der Waals surface area contributed by atoms with E-state index in [0.29, 0.717) is 23.5 Å². The highest BCUT2D eigenvalue weighted by atomic mass is 32.2. The molecule has 0 aliphatic rings. The molecule has 0 radical (unpaired) electrons. The van der Waals surface area contributed by atoms with Crippen LogP contribution in [0.2, 0.25) is 0 Å². The normalized spacial score (nSPS) is 12.4. The summed E-state index contributed by atoms with van der Waals surface area (Å²) in [4.78, 5) is 10.6. The van der Waals surface area contributed by atoms with Crippen LogP contribution in [-0.2, 0) is 15.6 Å². The minimum Gasteiger partial charge on any atom is -0.303 e. The molecule has 4 heteroatoms. The highest BCUT2D eigenvalue weighted by Gasteiger charge is 2.02. The van der Waals surface area contributed by atoms with Crippen molar-refractivity contribution in [1.82, 2.24) is 0 Å². The number of aldehydes is 1. The van der Waals surface area contributed by atoms with Gasteiger partial charge in [0.15, 0.2) is 0 Å².